The van der Waals surface area contributed by atoms with Gasteiger partial charge >= 0.3 is 5.97 Å². The molecular formula is C50H75NO13. The maximum absolute atomic E-state index is 14.4. The third-order valence-electron chi connectivity index (χ3n) is 14.9. The van der Waals surface area contributed by atoms with E-state index in [9.17, 15) is 39.3 Å². The van der Waals surface area contributed by atoms with Gasteiger partial charge in [0.25, 0.3) is 11.7 Å². The minimum Gasteiger partial charge on any atom is -0.460 e. The second kappa shape index (κ2) is 22.9. The normalized spacial score (nSPS) is 43.2. The van der Waals surface area contributed by atoms with Crippen LogP contribution in [0.3, 0.4) is 0 Å². The van der Waals surface area contributed by atoms with Crippen molar-refractivity contribution < 1.29 is 63.0 Å². The summed E-state index contributed by atoms with van der Waals surface area (Å²) in [5, 5.41) is 34.1. The van der Waals surface area contributed by atoms with Gasteiger partial charge in [-0.1, -0.05) is 64.2 Å². The number of hydrogen-bond donors (Lipinski definition) is 3. The fraction of sp³-hybridized carbons (Fsp3) is 0.740. The summed E-state index contributed by atoms with van der Waals surface area (Å²) in [4.78, 5) is 72.0. The van der Waals surface area contributed by atoms with Crippen molar-refractivity contribution >= 4 is 29.2 Å². The van der Waals surface area contributed by atoms with E-state index in [1.54, 1.807) is 41.1 Å². The Labute approximate surface area is 379 Å². The van der Waals surface area contributed by atoms with Crippen LogP contribution in [0.5, 0.6) is 0 Å². The van der Waals surface area contributed by atoms with Gasteiger partial charge in [0.2, 0.25) is 5.79 Å². The Morgan fingerprint density at radius 1 is 0.844 bits per heavy atom. The standard InChI is InChI=1S/C50H75NO13/c1-28-14-11-10-12-15-29(2)40(60-7)26-35-19-17-33(6)50(59,64-35)47(56)48(57)51-21-13-16-36-37(24-34-18-20-38(52)42(25-34)61-8)41(63-49(58)43(36)51)27-39(53)30(3)23-32(5)45(55)46(62-9)44(54)31(4)22-28/h10-12,14-15,23,28,30-31,33-38,40-43,45-46,52,55,59H,13,16-22,24-27H2,1-9H3/b12-10+,14-11+,29-15+,32-23+/t28-,30?,31-,33-,34+,35+,36-,37?,38?,40+,41+,42-,43+,45-,46+,50-/m1/s1. The van der Waals surface area contributed by atoms with Gasteiger partial charge in [0.05, 0.1) is 24.4 Å². The molecule has 0 radical (unpaired) electrons. The van der Waals surface area contributed by atoms with Crippen LogP contribution in [0.1, 0.15) is 112 Å². The van der Waals surface area contributed by atoms with Crippen molar-refractivity contribution in [1.82, 2.24) is 4.90 Å². The molecule has 1 amide bonds. The van der Waals surface area contributed by atoms with E-state index < -0.39 is 95.7 Å². The van der Waals surface area contributed by atoms with Crippen molar-refractivity contribution in [2.75, 3.05) is 27.9 Å². The van der Waals surface area contributed by atoms with Gasteiger partial charge in [-0.15, -0.1) is 0 Å². The van der Waals surface area contributed by atoms with Crippen molar-refractivity contribution in [2.24, 2.45) is 41.4 Å². The highest BCUT2D eigenvalue weighted by molar-refractivity contribution is 6.39. The molecule has 358 valence electrons. The molecule has 3 unspecified atom stereocenters. The summed E-state index contributed by atoms with van der Waals surface area (Å²) < 4.78 is 29.4. The number of rotatable bonds is 5. The predicted molar refractivity (Wildman–Crippen MR) is 238 cm³/mol. The van der Waals surface area contributed by atoms with Crippen LogP contribution in [0.4, 0.5) is 0 Å². The van der Waals surface area contributed by atoms with Gasteiger partial charge in [-0.25, -0.2) is 4.79 Å². The lowest BCUT2D eigenvalue weighted by molar-refractivity contribution is -0.266. The van der Waals surface area contributed by atoms with Crippen LogP contribution in [-0.2, 0) is 47.7 Å². The molecule has 64 heavy (non-hydrogen) atoms. The van der Waals surface area contributed by atoms with E-state index in [0.29, 0.717) is 69.8 Å². The Morgan fingerprint density at radius 2 is 1.58 bits per heavy atom. The Kier molecular flexibility index (Phi) is 18.5. The van der Waals surface area contributed by atoms with Gasteiger partial charge in [0.15, 0.2) is 5.78 Å². The number of ether oxygens (including phenoxy) is 5. The zero-order chi connectivity index (χ0) is 47.0. The van der Waals surface area contributed by atoms with E-state index >= 15 is 0 Å². The lowest BCUT2D eigenvalue weighted by Crippen LogP contribution is -2.65. The minimum absolute atomic E-state index is 0.0231. The molecule has 5 aliphatic rings. The molecule has 4 aliphatic heterocycles. The summed E-state index contributed by atoms with van der Waals surface area (Å²) in [6.07, 6.45) is 10.8. The molecule has 0 aromatic heterocycles. The van der Waals surface area contributed by atoms with Crippen molar-refractivity contribution in [3.05, 3.63) is 47.6 Å². The fourth-order valence-electron chi connectivity index (χ4n) is 10.9. The zero-order valence-electron chi connectivity index (χ0n) is 39.5. The van der Waals surface area contributed by atoms with Gasteiger partial charge in [0.1, 0.15) is 30.1 Å². The Balaban J connectivity index is 1.51. The summed E-state index contributed by atoms with van der Waals surface area (Å²) in [5.74, 6) is -8.43. The van der Waals surface area contributed by atoms with Gasteiger partial charge < -0.3 is 43.9 Å². The topological polar surface area (TPSA) is 195 Å². The van der Waals surface area contributed by atoms with Crippen LogP contribution in [0.2, 0.25) is 0 Å². The Hall–Kier alpha value is -3.37. The molecule has 0 aromatic carbocycles. The van der Waals surface area contributed by atoms with E-state index in [2.05, 4.69) is 0 Å². The van der Waals surface area contributed by atoms with E-state index in [1.165, 1.54) is 12.0 Å². The maximum atomic E-state index is 14.4. The molecule has 4 heterocycles. The number of Topliss-reactive ketones (excluding diaryl/α,β-unsaturated/α-hetero) is 3. The SMILES string of the molecule is CO[C@H]1C[C@@H]2CC[C@@H](C)[C@@](O)(O2)C(=O)C(=O)N2CCC[C@@H]3C(C[C@@H]4CCC(O)[C@H](OC)C4)[C@H](CC(=O)C(C)/C=C(\C)[C@@H](O)[C@@H](OC)C(=O)[C@H](C)C[C@H](C)/C=C/C=C/C=C/1C)OC(=O)[C@H]32. The average molecular weight is 898 g/mol. The van der Waals surface area contributed by atoms with Crippen molar-refractivity contribution in [1.29, 1.82) is 0 Å². The molecule has 4 bridgehead atoms. The molecule has 5 rings (SSSR count). The number of ketones is 3. The van der Waals surface area contributed by atoms with Crippen LogP contribution in [0.25, 0.3) is 0 Å². The predicted octanol–water partition coefficient (Wildman–Crippen LogP) is 5.40. The Morgan fingerprint density at radius 3 is 2.27 bits per heavy atom. The number of fused-ring (bicyclic) bond motifs is 4. The van der Waals surface area contributed by atoms with Crippen molar-refractivity contribution in [2.45, 2.75) is 167 Å². The van der Waals surface area contributed by atoms with E-state index in [1.807, 2.05) is 51.2 Å². The van der Waals surface area contributed by atoms with Gasteiger partial charge in [-0.05, 0) is 101 Å². The van der Waals surface area contributed by atoms with E-state index in [-0.39, 0.29) is 42.5 Å². The van der Waals surface area contributed by atoms with Crippen molar-refractivity contribution in [3.63, 3.8) is 0 Å². The van der Waals surface area contributed by atoms with Gasteiger partial charge in [-0.3, -0.25) is 19.2 Å². The number of esters is 1. The molecule has 3 saturated heterocycles. The smallest absolute Gasteiger partial charge is 0.329 e. The second-order valence-corrected chi connectivity index (χ2v) is 19.5. The third kappa shape index (κ3) is 12.0. The third-order valence-corrected chi connectivity index (χ3v) is 14.9. The van der Waals surface area contributed by atoms with Crippen LogP contribution in [0.15, 0.2) is 47.6 Å². The monoisotopic (exact) mass is 898 g/mol. The first-order valence-electron chi connectivity index (χ1n) is 23.5. The fourth-order valence-corrected chi connectivity index (χ4v) is 10.9. The zero-order valence-corrected chi connectivity index (χ0v) is 39.5. The first kappa shape index (κ1) is 51.6. The minimum atomic E-state index is -2.43. The summed E-state index contributed by atoms with van der Waals surface area (Å²) in [6.45, 7) is 10.9. The number of allylic oxidation sites excluding steroid dienone is 6. The number of nitrogens with zero attached hydrogens (tertiary/aromatic N) is 1. The highest BCUT2D eigenvalue weighted by Crippen LogP contribution is 2.45. The number of hydrogen-bond acceptors (Lipinski definition) is 13. The first-order valence-corrected chi connectivity index (χ1v) is 23.5. The largest absolute Gasteiger partial charge is 0.460 e. The molecule has 1 aliphatic carbocycles. The molecule has 0 aromatic rings. The molecular weight excluding hydrogens is 823 g/mol. The number of piperidine rings is 1. The maximum Gasteiger partial charge on any atom is 0.329 e. The molecule has 14 heteroatoms. The number of amides is 1. The first-order chi connectivity index (χ1) is 30.3. The average Bonchev–Trinajstić information content (AvgIpc) is 3.27. The van der Waals surface area contributed by atoms with Crippen LogP contribution >= 0.6 is 0 Å². The molecule has 14 nitrogen and oxygen atoms in total. The number of carbonyl (C=O) groups is 5. The van der Waals surface area contributed by atoms with Crippen LogP contribution < -0.4 is 0 Å². The van der Waals surface area contributed by atoms with Crippen LogP contribution in [0, 0.1) is 41.4 Å². The lowest BCUT2D eigenvalue weighted by Gasteiger charge is -2.50. The molecule has 0 spiro atoms. The quantitative estimate of drug-likeness (QED) is 0.181. The van der Waals surface area contributed by atoms with Gasteiger partial charge in [-0.2, -0.15) is 0 Å². The Bertz CT molecular complexity index is 1790. The number of aliphatic hydroxyl groups is 3. The number of aliphatic hydroxyl groups excluding tert-OH is 2. The highest BCUT2D eigenvalue weighted by Gasteiger charge is 2.57. The molecule has 16 atom stereocenters. The van der Waals surface area contributed by atoms with Gasteiger partial charge in [0, 0.05) is 64.4 Å². The van der Waals surface area contributed by atoms with E-state index in [0.717, 1.165) is 5.57 Å². The summed E-state index contributed by atoms with van der Waals surface area (Å²) >= 11 is 0. The van der Waals surface area contributed by atoms with E-state index in [4.69, 9.17) is 23.7 Å². The second-order valence-electron chi connectivity index (χ2n) is 19.5. The lowest BCUT2D eigenvalue weighted by atomic mass is 9.68. The number of carbonyl (C=O) groups excluding carboxylic acids is 5. The molecule has 1 saturated carbocycles. The highest BCUT2D eigenvalue weighted by atomic mass is 16.6. The summed E-state index contributed by atoms with van der Waals surface area (Å²) in [5.41, 5.74) is 1.28. The summed E-state index contributed by atoms with van der Waals surface area (Å²) in [6, 6.07) is -1.12. The summed E-state index contributed by atoms with van der Waals surface area (Å²) in [7, 11) is 4.52. The molecule has 3 N–H and O–H groups in total. The number of methoxy groups -OCH3 is 3. The van der Waals surface area contributed by atoms with Crippen molar-refractivity contribution in [3.8, 4) is 0 Å². The molecule has 4 fully saturated rings. The van der Waals surface area contributed by atoms with Crippen LogP contribution in [-0.4, -0.2) is 132 Å².